The highest BCUT2D eigenvalue weighted by molar-refractivity contribution is 7.36. The molecule has 0 aromatic heterocycles. The quantitative estimate of drug-likeness (QED) is 0.434. The smallest absolute Gasteiger partial charge is 0.0431 e. The van der Waals surface area contributed by atoms with Crippen LogP contribution in [0, 0.1) is 0 Å². The number of hydrogen-bond donors (Lipinski definition) is 1. The van der Waals surface area contributed by atoms with E-state index in [-0.39, 0.29) is 0 Å². The molecule has 1 atom stereocenters. The zero-order valence-electron chi connectivity index (χ0n) is 4.78. The predicted molar refractivity (Wildman–Crippen MR) is 35.4 cm³/mol. The molecule has 0 bridgehead atoms. The van der Waals surface area contributed by atoms with Crippen LogP contribution in [-0.4, -0.2) is 24.5 Å². The highest BCUT2D eigenvalue weighted by Gasteiger charge is 1.80. The van der Waals surface area contributed by atoms with Crippen molar-refractivity contribution in [2.75, 3.05) is 19.4 Å². The van der Waals surface area contributed by atoms with Gasteiger partial charge < -0.3 is 5.11 Å². The molecule has 0 aliphatic rings. The molecule has 1 N–H and O–H groups in total. The maximum atomic E-state index is 8.30. The van der Waals surface area contributed by atoms with Gasteiger partial charge in [0.25, 0.3) is 0 Å². The summed E-state index contributed by atoms with van der Waals surface area (Å²) >= 11 is 0. The first-order valence-electron chi connectivity index (χ1n) is 2.67. The van der Waals surface area contributed by atoms with E-state index in [1.54, 1.807) is 0 Å². The summed E-state index contributed by atoms with van der Waals surface area (Å²) in [6.07, 6.45) is 3.48. The normalized spacial score (nSPS) is 11.1. The third-order valence-electron chi connectivity index (χ3n) is 0.835. The fraction of sp³-hybridized carbons (Fsp3) is 1.00. The molecule has 0 heterocycles. The summed E-state index contributed by atoms with van der Waals surface area (Å²) in [6, 6.07) is 0. The Balaban J connectivity index is 2.45. The lowest BCUT2D eigenvalue weighted by Gasteiger charge is -1.90. The second-order valence-electron chi connectivity index (χ2n) is 1.53. The van der Waals surface area contributed by atoms with Crippen LogP contribution >= 0.6 is 8.58 Å². The minimum atomic E-state index is 0.366. The fourth-order valence-electron chi connectivity index (χ4n) is 0.414. The first-order chi connectivity index (χ1) is 3.41. The zero-order valence-corrected chi connectivity index (χ0v) is 5.78. The Bertz CT molecular complexity index is 27.3. The lowest BCUT2D eigenvalue weighted by atomic mass is 10.4. The number of unbranched alkanes of at least 4 members (excludes halogenated alkanes) is 1. The van der Waals surface area contributed by atoms with Crippen LogP contribution in [0.25, 0.3) is 0 Å². The van der Waals surface area contributed by atoms with E-state index in [2.05, 4.69) is 6.66 Å². The third-order valence-corrected chi connectivity index (χ3v) is 1.69. The molecule has 0 aliphatic heterocycles. The molecule has 0 saturated heterocycles. The van der Waals surface area contributed by atoms with Crippen LogP contribution in [0.3, 0.4) is 0 Å². The van der Waals surface area contributed by atoms with Gasteiger partial charge in [0.2, 0.25) is 0 Å². The predicted octanol–water partition coefficient (Wildman–Crippen LogP) is 1.07. The van der Waals surface area contributed by atoms with Gasteiger partial charge in [0.15, 0.2) is 0 Å². The van der Waals surface area contributed by atoms with Crippen LogP contribution in [0.15, 0.2) is 0 Å². The zero-order chi connectivity index (χ0) is 5.54. The third kappa shape index (κ3) is 6.39. The average Bonchev–Trinajstić information content (AvgIpc) is 1.69. The molecule has 44 valence electrons. The van der Waals surface area contributed by atoms with E-state index in [1.807, 2.05) is 0 Å². The summed E-state index contributed by atoms with van der Waals surface area (Å²) in [5.74, 6) is 0. The molecule has 0 spiro atoms. The van der Waals surface area contributed by atoms with E-state index in [0.717, 1.165) is 15.0 Å². The van der Waals surface area contributed by atoms with Crippen molar-refractivity contribution in [1.82, 2.24) is 0 Å². The molecule has 1 unspecified atom stereocenters. The van der Waals surface area contributed by atoms with Crippen molar-refractivity contribution in [2.45, 2.75) is 12.8 Å². The summed E-state index contributed by atoms with van der Waals surface area (Å²) in [5.41, 5.74) is 0. The Hall–Kier alpha value is 0.390. The lowest BCUT2D eigenvalue weighted by Crippen LogP contribution is -1.82. The summed E-state index contributed by atoms with van der Waals surface area (Å²) in [6.45, 7) is 2.56. The minimum absolute atomic E-state index is 0.366. The fourth-order valence-corrected chi connectivity index (χ4v) is 1.02. The molecule has 0 aromatic rings. The summed E-state index contributed by atoms with van der Waals surface area (Å²) < 4.78 is 0. The standard InChI is InChI=1S/C5H13OP/c1-7-5-3-2-4-6/h6-7H,2-5H2,1H3. The van der Waals surface area contributed by atoms with Gasteiger partial charge in [-0.1, -0.05) is 0 Å². The summed E-state index contributed by atoms with van der Waals surface area (Å²) in [7, 11) is 1.06. The Morgan fingerprint density at radius 3 is 2.57 bits per heavy atom. The van der Waals surface area contributed by atoms with Gasteiger partial charge >= 0.3 is 0 Å². The largest absolute Gasteiger partial charge is 0.396 e. The summed E-state index contributed by atoms with van der Waals surface area (Å²) in [5, 5.41) is 8.30. The number of rotatable bonds is 4. The molecule has 0 amide bonds. The van der Waals surface area contributed by atoms with Gasteiger partial charge in [-0.25, -0.2) is 0 Å². The van der Waals surface area contributed by atoms with Gasteiger partial charge in [0, 0.05) is 6.61 Å². The van der Waals surface area contributed by atoms with Gasteiger partial charge in [-0.15, -0.1) is 8.58 Å². The van der Waals surface area contributed by atoms with Crippen LogP contribution in [0.1, 0.15) is 12.8 Å². The van der Waals surface area contributed by atoms with Gasteiger partial charge in [-0.05, 0) is 25.7 Å². The van der Waals surface area contributed by atoms with E-state index >= 15 is 0 Å². The van der Waals surface area contributed by atoms with Gasteiger partial charge in [0.05, 0.1) is 0 Å². The number of aliphatic hydroxyl groups is 1. The first kappa shape index (κ1) is 7.39. The molecule has 7 heavy (non-hydrogen) atoms. The molecule has 0 saturated carbocycles. The van der Waals surface area contributed by atoms with E-state index in [9.17, 15) is 0 Å². The maximum Gasteiger partial charge on any atom is 0.0431 e. The van der Waals surface area contributed by atoms with E-state index in [4.69, 9.17) is 5.11 Å². The van der Waals surface area contributed by atoms with Gasteiger partial charge in [0.1, 0.15) is 0 Å². The molecule has 0 aliphatic carbocycles. The second-order valence-corrected chi connectivity index (χ2v) is 2.74. The van der Waals surface area contributed by atoms with Crippen LogP contribution in [0.5, 0.6) is 0 Å². The molecule has 0 fully saturated rings. The molecular formula is C5H13OP. The SMILES string of the molecule is CPCCCCO. The van der Waals surface area contributed by atoms with Crippen molar-refractivity contribution < 1.29 is 5.11 Å². The Kier molecular flexibility index (Phi) is 6.75. The minimum Gasteiger partial charge on any atom is -0.396 e. The van der Waals surface area contributed by atoms with Crippen LogP contribution in [0.4, 0.5) is 0 Å². The molecule has 0 rings (SSSR count). The molecule has 0 radical (unpaired) electrons. The Morgan fingerprint density at radius 1 is 1.43 bits per heavy atom. The second kappa shape index (κ2) is 6.39. The monoisotopic (exact) mass is 120 g/mol. The van der Waals surface area contributed by atoms with Gasteiger partial charge in [-0.3, -0.25) is 0 Å². The van der Waals surface area contributed by atoms with E-state index < -0.39 is 0 Å². The highest BCUT2D eigenvalue weighted by atomic mass is 31.1. The van der Waals surface area contributed by atoms with E-state index in [1.165, 1.54) is 12.6 Å². The van der Waals surface area contributed by atoms with Crippen molar-refractivity contribution in [2.24, 2.45) is 0 Å². The van der Waals surface area contributed by atoms with E-state index in [0.29, 0.717) is 6.61 Å². The molecular weight excluding hydrogens is 107 g/mol. The molecule has 0 aromatic carbocycles. The van der Waals surface area contributed by atoms with Crippen LogP contribution in [0.2, 0.25) is 0 Å². The lowest BCUT2D eigenvalue weighted by molar-refractivity contribution is 0.287. The Morgan fingerprint density at radius 2 is 2.14 bits per heavy atom. The van der Waals surface area contributed by atoms with Crippen molar-refractivity contribution in [3.05, 3.63) is 0 Å². The first-order valence-corrected chi connectivity index (χ1v) is 4.38. The number of hydrogen-bond acceptors (Lipinski definition) is 1. The highest BCUT2D eigenvalue weighted by Crippen LogP contribution is 2.04. The van der Waals surface area contributed by atoms with Crippen LogP contribution in [-0.2, 0) is 0 Å². The van der Waals surface area contributed by atoms with Crippen molar-refractivity contribution in [1.29, 1.82) is 0 Å². The van der Waals surface area contributed by atoms with Gasteiger partial charge in [-0.2, -0.15) is 0 Å². The molecule has 2 heteroatoms. The maximum absolute atomic E-state index is 8.30. The Labute approximate surface area is 46.9 Å². The van der Waals surface area contributed by atoms with Crippen molar-refractivity contribution in [3.63, 3.8) is 0 Å². The topological polar surface area (TPSA) is 20.2 Å². The van der Waals surface area contributed by atoms with Crippen molar-refractivity contribution in [3.8, 4) is 0 Å². The van der Waals surface area contributed by atoms with Crippen molar-refractivity contribution >= 4 is 8.58 Å². The average molecular weight is 120 g/mol. The molecule has 1 nitrogen and oxygen atoms in total. The summed E-state index contributed by atoms with van der Waals surface area (Å²) in [4.78, 5) is 0. The number of aliphatic hydroxyl groups excluding tert-OH is 1. The van der Waals surface area contributed by atoms with Crippen LogP contribution < -0.4 is 0 Å².